The molecule has 0 saturated heterocycles. The van der Waals surface area contributed by atoms with Gasteiger partial charge in [0.15, 0.2) is 0 Å². The summed E-state index contributed by atoms with van der Waals surface area (Å²) in [6, 6.07) is 14.5. The Morgan fingerprint density at radius 1 is 1.14 bits per heavy atom. The Morgan fingerprint density at radius 2 is 1.95 bits per heavy atom. The molecule has 3 nitrogen and oxygen atoms in total. The summed E-state index contributed by atoms with van der Waals surface area (Å²) in [5, 5.41) is 1.01. The molecular formula is C16H9BrO3S. The van der Waals surface area contributed by atoms with Crippen molar-refractivity contribution in [2.75, 3.05) is 0 Å². The van der Waals surface area contributed by atoms with Gasteiger partial charge in [-0.2, -0.15) is 0 Å². The van der Waals surface area contributed by atoms with E-state index in [1.165, 1.54) is 11.3 Å². The predicted octanol–water partition coefficient (Wildman–Crippen LogP) is 4.43. The minimum atomic E-state index is -0.148. The Labute approximate surface area is 133 Å². The van der Waals surface area contributed by atoms with E-state index in [0.29, 0.717) is 16.9 Å². The van der Waals surface area contributed by atoms with Crippen LogP contribution in [0.15, 0.2) is 53.0 Å². The van der Waals surface area contributed by atoms with Gasteiger partial charge in [0.2, 0.25) is 5.78 Å². The first-order valence-corrected chi connectivity index (χ1v) is 7.73. The Balaban J connectivity index is 2.06. The van der Waals surface area contributed by atoms with Crippen LogP contribution in [0.4, 0.5) is 0 Å². The van der Waals surface area contributed by atoms with Gasteiger partial charge in [-0.3, -0.25) is 9.59 Å². The molecule has 5 heteroatoms. The van der Waals surface area contributed by atoms with Crippen molar-refractivity contribution >= 4 is 49.6 Å². The molecule has 0 aliphatic carbocycles. The maximum Gasteiger partial charge on any atom is 0.298 e. The lowest BCUT2D eigenvalue weighted by Gasteiger charge is -2.04. The van der Waals surface area contributed by atoms with Gasteiger partial charge in [0, 0.05) is 9.17 Å². The van der Waals surface area contributed by atoms with E-state index < -0.39 is 0 Å². The number of ketones is 1. The van der Waals surface area contributed by atoms with Crippen molar-refractivity contribution in [3.05, 3.63) is 63.4 Å². The van der Waals surface area contributed by atoms with Crippen LogP contribution in [-0.4, -0.2) is 12.3 Å². The van der Waals surface area contributed by atoms with Crippen LogP contribution < -0.4 is 4.74 Å². The third-order valence-electron chi connectivity index (χ3n) is 3.01. The van der Waals surface area contributed by atoms with Crippen molar-refractivity contribution in [2.24, 2.45) is 0 Å². The van der Waals surface area contributed by atoms with Gasteiger partial charge >= 0.3 is 0 Å². The number of fused-ring (bicyclic) bond motifs is 1. The molecule has 21 heavy (non-hydrogen) atoms. The second kappa shape index (κ2) is 5.79. The van der Waals surface area contributed by atoms with Crippen molar-refractivity contribution in [1.29, 1.82) is 0 Å². The molecule has 0 spiro atoms. The Kier molecular flexibility index (Phi) is 3.86. The molecule has 3 aromatic rings. The van der Waals surface area contributed by atoms with Crippen LogP contribution in [0.25, 0.3) is 10.1 Å². The molecule has 0 fully saturated rings. The van der Waals surface area contributed by atoms with E-state index >= 15 is 0 Å². The maximum atomic E-state index is 12.6. The highest BCUT2D eigenvalue weighted by Gasteiger charge is 2.17. The molecule has 0 N–H and O–H groups in total. The van der Waals surface area contributed by atoms with Gasteiger partial charge in [0.05, 0.1) is 10.4 Å². The average molecular weight is 361 g/mol. The summed E-state index contributed by atoms with van der Waals surface area (Å²) >= 11 is 4.84. The molecule has 3 rings (SSSR count). The highest BCUT2D eigenvalue weighted by molar-refractivity contribution is 9.10. The fourth-order valence-corrected chi connectivity index (χ4v) is 3.44. The molecule has 2 aromatic carbocycles. The second-order valence-corrected chi connectivity index (χ2v) is 6.33. The number of carbonyl (C=O) groups excluding carboxylic acids is 2. The normalized spacial score (nSPS) is 10.5. The number of benzene rings is 2. The number of carbonyl (C=O) groups is 2. The van der Waals surface area contributed by atoms with Crippen LogP contribution >= 0.6 is 27.3 Å². The van der Waals surface area contributed by atoms with E-state index in [1.54, 1.807) is 24.3 Å². The molecule has 1 aromatic heterocycles. The first-order chi connectivity index (χ1) is 10.2. The zero-order chi connectivity index (χ0) is 14.8. The number of ether oxygens (including phenoxy) is 1. The van der Waals surface area contributed by atoms with Gasteiger partial charge in [-0.25, -0.2) is 0 Å². The van der Waals surface area contributed by atoms with Crippen LogP contribution in [0, 0.1) is 0 Å². The van der Waals surface area contributed by atoms with E-state index in [4.69, 9.17) is 4.74 Å². The summed E-state index contributed by atoms with van der Waals surface area (Å²) in [5.41, 5.74) is 0.384. The fourth-order valence-electron chi connectivity index (χ4n) is 2.07. The van der Waals surface area contributed by atoms with E-state index in [2.05, 4.69) is 15.9 Å². The highest BCUT2D eigenvalue weighted by atomic mass is 79.9. The van der Waals surface area contributed by atoms with Crippen molar-refractivity contribution in [3.63, 3.8) is 0 Å². The smallest absolute Gasteiger partial charge is 0.298 e. The monoisotopic (exact) mass is 360 g/mol. The highest BCUT2D eigenvalue weighted by Crippen LogP contribution is 2.31. The molecule has 0 radical (unpaired) electrons. The number of para-hydroxylation sites is 1. The third-order valence-corrected chi connectivity index (χ3v) is 4.62. The maximum absolute atomic E-state index is 12.6. The summed E-state index contributed by atoms with van der Waals surface area (Å²) in [4.78, 5) is 23.7. The van der Waals surface area contributed by atoms with Crippen molar-refractivity contribution in [1.82, 2.24) is 0 Å². The largest absolute Gasteiger partial charge is 0.428 e. The minimum absolute atomic E-state index is 0.148. The molecule has 0 aliphatic heterocycles. The lowest BCUT2D eigenvalue weighted by molar-refractivity contribution is -0.120. The van der Waals surface area contributed by atoms with Gasteiger partial charge in [-0.05, 0) is 41.8 Å². The molecule has 0 aliphatic rings. The first kappa shape index (κ1) is 14.0. The van der Waals surface area contributed by atoms with Gasteiger partial charge in [-0.1, -0.05) is 28.1 Å². The summed E-state index contributed by atoms with van der Waals surface area (Å²) < 4.78 is 6.87. The molecule has 0 atom stereocenters. The number of hydrogen-bond acceptors (Lipinski definition) is 4. The molecule has 0 saturated carbocycles. The molecule has 1 heterocycles. The Hall–Kier alpha value is -1.98. The first-order valence-electron chi connectivity index (χ1n) is 6.12. The van der Waals surface area contributed by atoms with Crippen molar-refractivity contribution in [2.45, 2.75) is 0 Å². The predicted molar refractivity (Wildman–Crippen MR) is 86.1 cm³/mol. The van der Waals surface area contributed by atoms with Gasteiger partial charge < -0.3 is 4.74 Å². The third kappa shape index (κ3) is 2.75. The molecule has 104 valence electrons. The van der Waals surface area contributed by atoms with Gasteiger partial charge in [-0.15, -0.1) is 11.3 Å². The number of hydrogen-bond donors (Lipinski definition) is 0. The number of rotatable bonds is 4. The van der Waals surface area contributed by atoms with Gasteiger partial charge in [0.25, 0.3) is 6.47 Å². The SMILES string of the molecule is O=COc1ccccc1C(=O)c1cc2cc(Br)ccc2s1. The summed E-state index contributed by atoms with van der Waals surface area (Å²) in [7, 11) is 0. The zero-order valence-electron chi connectivity index (χ0n) is 10.7. The van der Waals surface area contributed by atoms with Gasteiger partial charge in [0.1, 0.15) is 5.75 Å². The minimum Gasteiger partial charge on any atom is -0.428 e. The molecular weight excluding hydrogens is 352 g/mol. The topological polar surface area (TPSA) is 43.4 Å². The number of thiophene rings is 1. The lowest BCUT2D eigenvalue weighted by atomic mass is 10.1. The summed E-state index contributed by atoms with van der Waals surface area (Å²) in [5.74, 6) is 0.126. The van der Waals surface area contributed by atoms with E-state index in [9.17, 15) is 9.59 Å². The van der Waals surface area contributed by atoms with E-state index in [1.807, 2.05) is 24.3 Å². The Bertz CT molecular complexity index is 838. The summed E-state index contributed by atoms with van der Waals surface area (Å²) in [6.45, 7) is 0.328. The number of halogens is 1. The van der Waals surface area contributed by atoms with E-state index in [0.717, 1.165) is 14.6 Å². The van der Waals surface area contributed by atoms with Crippen LogP contribution in [0.1, 0.15) is 15.2 Å². The van der Waals surface area contributed by atoms with Crippen LogP contribution in [0.3, 0.4) is 0 Å². The second-order valence-electron chi connectivity index (χ2n) is 4.33. The standard InChI is InChI=1S/C16H9BrO3S/c17-11-5-6-14-10(7-11)8-15(21-14)16(19)12-3-1-2-4-13(12)20-9-18/h1-9H. The summed E-state index contributed by atoms with van der Waals surface area (Å²) in [6.07, 6.45) is 0. The molecule has 0 bridgehead atoms. The van der Waals surface area contributed by atoms with Crippen LogP contribution in [-0.2, 0) is 4.79 Å². The van der Waals surface area contributed by atoms with Crippen LogP contribution in [0.2, 0.25) is 0 Å². The fraction of sp³-hybridized carbons (Fsp3) is 0. The molecule has 0 amide bonds. The molecule has 0 unspecified atom stereocenters. The average Bonchev–Trinajstić information content (AvgIpc) is 2.90. The quantitative estimate of drug-likeness (QED) is 0.510. The van der Waals surface area contributed by atoms with E-state index in [-0.39, 0.29) is 11.5 Å². The van der Waals surface area contributed by atoms with Crippen LogP contribution in [0.5, 0.6) is 5.75 Å². The van der Waals surface area contributed by atoms with Crippen molar-refractivity contribution < 1.29 is 14.3 Å². The lowest BCUT2D eigenvalue weighted by Crippen LogP contribution is -2.02. The zero-order valence-corrected chi connectivity index (χ0v) is 13.1. The van der Waals surface area contributed by atoms with Crippen molar-refractivity contribution in [3.8, 4) is 5.75 Å². The Morgan fingerprint density at radius 3 is 2.76 bits per heavy atom.